The van der Waals surface area contributed by atoms with Gasteiger partial charge in [-0.3, -0.25) is 0 Å². The monoisotopic (exact) mass is 778 g/mol. The highest BCUT2D eigenvalue weighted by Gasteiger charge is 2.18. The van der Waals surface area contributed by atoms with Crippen LogP contribution in [0.25, 0.3) is 93.6 Å². The Hall–Kier alpha value is -8.14. The number of para-hydroxylation sites is 4. The minimum atomic E-state index is 0.898. The van der Waals surface area contributed by atoms with Gasteiger partial charge in [-0.1, -0.05) is 158 Å². The van der Waals surface area contributed by atoms with Crippen molar-refractivity contribution < 1.29 is 4.42 Å². The lowest BCUT2D eigenvalue weighted by Gasteiger charge is -2.27. The number of hydrogen-bond acceptors (Lipinski definition) is 2. The van der Waals surface area contributed by atoms with E-state index in [1.165, 1.54) is 49.3 Å². The molecule has 0 radical (unpaired) electrons. The van der Waals surface area contributed by atoms with Gasteiger partial charge in [-0.15, -0.1) is 0 Å². The lowest BCUT2D eigenvalue weighted by molar-refractivity contribution is 0.669. The van der Waals surface area contributed by atoms with Crippen LogP contribution in [0.1, 0.15) is 0 Å². The van der Waals surface area contributed by atoms with Crippen LogP contribution in [0.2, 0.25) is 0 Å². The van der Waals surface area contributed by atoms with E-state index in [-0.39, 0.29) is 0 Å². The van der Waals surface area contributed by atoms with Crippen molar-refractivity contribution in [2.75, 3.05) is 4.90 Å². The van der Waals surface area contributed by atoms with E-state index in [0.29, 0.717) is 0 Å². The summed E-state index contributed by atoms with van der Waals surface area (Å²) >= 11 is 0. The third-order valence-corrected chi connectivity index (χ3v) is 12.2. The van der Waals surface area contributed by atoms with E-state index >= 15 is 0 Å². The molecule has 0 amide bonds. The highest BCUT2D eigenvalue weighted by atomic mass is 16.3. The quantitative estimate of drug-likeness (QED) is 0.161. The molecule has 0 aliphatic heterocycles. The summed E-state index contributed by atoms with van der Waals surface area (Å²) in [5, 5.41) is 7.26. The zero-order valence-electron chi connectivity index (χ0n) is 33.2. The minimum absolute atomic E-state index is 0.898. The maximum absolute atomic E-state index is 6.26. The van der Waals surface area contributed by atoms with Gasteiger partial charge in [0.25, 0.3) is 0 Å². The van der Waals surface area contributed by atoms with Gasteiger partial charge in [-0.25, -0.2) is 0 Å². The first-order valence-corrected chi connectivity index (χ1v) is 20.8. The molecule has 12 rings (SSSR count). The Bertz CT molecular complexity index is 3530. The predicted octanol–water partition coefficient (Wildman–Crippen LogP) is 16.3. The SMILES string of the molecule is c1cc(-c2cccc3ccccc23)cc(N(c2ccc(-c3ccc4c(c3)oc3ccccc34)cc2)c2ccc(-c3ccccc3-n3c4ccccc4c4ccccc43)cc2)c1. The maximum atomic E-state index is 6.26. The minimum Gasteiger partial charge on any atom is -0.456 e. The smallest absolute Gasteiger partial charge is 0.136 e. The Morgan fingerprint density at radius 2 is 0.869 bits per heavy atom. The Morgan fingerprint density at radius 3 is 1.64 bits per heavy atom. The van der Waals surface area contributed by atoms with Gasteiger partial charge in [0.05, 0.1) is 16.7 Å². The van der Waals surface area contributed by atoms with Gasteiger partial charge in [0.15, 0.2) is 0 Å². The lowest BCUT2D eigenvalue weighted by atomic mass is 9.97. The summed E-state index contributed by atoms with van der Waals surface area (Å²) < 4.78 is 8.67. The summed E-state index contributed by atoms with van der Waals surface area (Å²) in [6.07, 6.45) is 0. The highest BCUT2D eigenvalue weighted by molar-refractivity contribution is 6.10. The molecule has 0 aliphatic rings. The van der Waals surface area contributed by atoms with Crippen LogP contribution >= 0.6 is 0 Å². The topological polar surface area (TPSA) is 21.3 Å². The van der Waals surface area contributed by atoms with Crippen molar-refractivity contribution in [3.63, 3.8) is 0 Å². The van der Waals surface area contributed by atoms with Crippen LogP contribution in [0.4, 0.5) is 17.1 Å². The number of rotatable bonds is 7. The number of aromatic nitrogens is 1. The highest BCUT2D eigenvalue weighted by Crippen LogP contribution is 2.41. The normalized spacial score (nSPS) is 11.6. The Kier molecular flexibility index (Phi) is 8.17. The summed E-state index contributed by atoms with van der Waals surface area (Å²) in [6, 6.07) is 83.0. The van der Waals surface area contributed by atoms with Crippen molar-refractivity contribution in [2.24, 2.45) is 0 Å². The molecule has 0 atom stereocenters. The molecule has 10 aromatic carbocycles. The van der Waals surface area contributed by atoms with E-state index in [1.54, 1.807) is 0 Å². The van der Waals surface area contributed by atoms with E-state index in [4.69, 9.17) is 4.42 Å². The Balaban J connectivity index is 0.967. The molecule has 0 bridgehead atoms. The third kappa shape index (κ3) is 5.90. The van der Waals surface area contributed by atoms with Crippen LogP contribution in [0, 0.1) is 0 Å². The van der Waals surface area contributed by atoms with Crippen molar-refractivity contribution in [3.8, 4) is 39.1 Å². The average Bonchev–Trinajstić information content (AvgIpc) is 3.87. The van der Waals surface area contributed by atoms with Gasteiger partial charge in [0.1, 0.15) is 11.2 Å². The molecule has 0 saturated heterocycles. The second-order valence-corrected chi connectivity index (χ2v) is 15.7. The molecule has 0 N–H and O–H groups in total. The number of hydrogen-bond donors (Lipinski definition) is 0. The van der Waals surface area contributed by atoms with Crippen LogP contribution in [0.5, 0.6) is 0 Å². The summed E-state index contributed by atoms with van der Waals surface area (Å²) in [5.41, 5.74) is 15.6. The fraction of sp³-hybridized carbons (Fsp3) is 0. The van der Waals surface area contributed by atoms with Gasteiger partial charge < -0.3 is 13.9 Å². The van der Waals surface area contributed by atoms with Crippen LogP contribution in [-0.2, 0) is 0 Å². The van der Waals surface area contributed by atoms with E-state index in [1.807, 2.05) is 12.1 Å². The first kappa shape index (κ1) is 34.9. The molecule has 0 saturated carbocycles. The number of anilines is 3. The van der Waals surface area contributed by atoms with E-state index in [2.05, 4.69) is 228 Å². The van der Waals surface area contributed by atoms with Crippen LogP contribution in [0.3, 0.4) is 0 Å². The zero-order chi connectivity index (χ0) is 40.3. The molecule has 0 fully saturated rings. The Morgan fingerprint density at radius 1 is 0.311 bits per heavy atom. The van der Waals surface area contributed by atoms with Gasteiger partial charge in [-0.2, -0.15) is 0 Å². The third-order valence-electron chi connectivity index (χ3n) is 12.2. The average molecular weight is 779 g/mol. The summed E-state index contributed by atoms with van der Waals surface area (Å²) in [7, 11) is 0. The van der Waals surface area contributed by atoms with Gasteiger partial charge in [-0.05, 0) is 111 Å². The van der Waals surface area contributed by atoms with Gasteiger partial charge in [0, 0.05) is 44.2 Å². The van der Waals surface area contributed by atoms with Crippen molar-refractivity contribution >= 4 is 71.6 Å². The van der Waals surface area contributed by atoms with E-state index < -0.39 is 0 Å². The second-order valence-electron chi connectivity index (χ2n) is 15.7. The number of benzene rings is 10. The van der Waals surface area contributed by atoms with Gasteiger partial charge in [0.2, 0.25) is 0 Å². The first-order chi connectivity index (χ1) is 30.2. The molecule has 3 nitrogen and oxygen atoms in total. The molecule has 3 heteroatoms. The Labute approximate surface area is 353 Å². The van der Waals surface area contributed by atoms with Crippen molar-refractivity contribution in [2.45, 2.75) is 0 Å². The van der Waals surface area contributed by atoms with E-state index in [9.17, 15) is 0 Å². The van der Waals surface area contributed by atoms with Crippen LogP contribution in [-0.4, -0.2) is 4.57 Å². The van der Waals surface area contributed by atoms with Crippen molar-refractivity contribution in [1.29, 1.82) is 0 Å². The molecule has 2 aromatic heterocycles. The second kappa shape index (κ2) is 14.3. The van der Waals surface area contributed by atoms with Crippen molar-refractivity contribution in [1.82, 2.24) is 4.57 Å². The van der Waals surface area contributed by atoms with Crippen LogP contribution in [0.15, 0.2) is 235 Å². The van der Waals surface area contributed by atoms with Crippen molar-refractivity contribution in [3.05, 3.63) is 231 Å². The molecule has 0 spiro atoms. The molecule has 2 heterocycles. The zero-order valence-corrected chi connectivity index (χ0v) is 33.2. The number of furan rings is 1. The molecular weight excluding hydrogens is 741 g/mol. The molecule has 12 aromatic rings. The fourth-order valence-electron chi connectivity index (χ4n) is 9.33. The summed E-state index contributed by atoms with van der Waals surface area (Å²) in [5.74, 6) is 0. The number of fused-ring (bicyclic) bond motifs is 7. The molecule has 0 unspecified atom stereocenters. The maximum Gasteiger partial charge on any atom is 0.136 e. The lowest BCUT2D eigenvalue weighted by Crippen LogP contribution is -2.10. The molecular formula is C58H38N2O. The molecule has 286 valence electrons. The summed E-state index contributed by atoms with van der Waals surface area (Å²) in [6.45, 7) is 0. The fourth-order valence-corrected chi connectivity index (χ4v) is 9.33. The standard InChI is InChI=1S/C58H38N2O/c1-2-17-47-40(13-1)14-12-22-48(47)43-15-11-16-46(37-43)59(44-32-27-39(28-33-44)42-31-36-53-52-21-6-10-26-57(52)61-58(53)38-42)45-34-29-41(30-35-45)49-18-3-7-23-54(49)60-55-24-8-4-19-50(55)51-20-5-9-25-56(51)60/h1-38H. The number of nitrogens with zero attached hydrogens (tertiary/aromatic N) is 2. The van der Waals surface area contributed by atoms with E-state index in [0.717, 1.165) is 61.4 Å². The largest absolute Gasteiger partial charge is 0.456 e. The molecule has 61 heavy (non-hydrogen) atoms. The first-order valence-electron chi connectivity index (χ1n) is 20.8. The predicted molar refractivity (Wildman–Crippen MR) is 257 cm³/mol. The molecule has 0 aliphatic carbocycles. The summed E-state index contributed by atoms with van der Waals surface area (Å²) in [4.78, 5) is 2.36. The van der Waals surface area contributed by atoms with Gasteiger partial charge >= 0.3 is 0 Å². The van der Waals surface area contributed by atoms with Crippen LogP contribution < -0.4 is 4.90 Å².